The number of nitrogens with one attached hydrogen (secondary N) is 3. The van der Waals surface area contributed by atoms with Gasteiger partial charge in [0.05, 0.1) is 5.56 Å². The van der Waals surface area contributed by atoms with Crippen LogP contribution in [0, 0.1) is 0 Å². The summed E-state index contributed by atoms with van der Waals surface area (Å²) in [5.74, 6) is -0.920. The smallest absolute Gasteiger partial charge is 0.408 e. The molecule has 0 aliphatic carbocycles. The van der Waals surface area contributed by atoms with Gasteiger partial charge in [-0.25, -0.2) is 14.4 Å². The molecule has 0 saturated carbocycles. The average Bonchev–Trinajstić information content (AvgIpc) is 2.85. The molecule has 2 aromatic rings. The van der Waals surface area contributed by atoms with Crippen LogP contribution in [0.1, 0.15) is 76.7 Å². The number of anilines is 1. The quantitative estimate of drug-likeness (QED) is 0.188. The lowest BCUT2D eigenvalue weighted by Crippen LogP contribution is -2.45. The maximum absolute atomic E-state index is 13.1. The van der Waals surface area contributed by atoms with E-state index >= 15 is 0 Å². The van der Waals surface area contributed by atoms with Crippen molar-refractivity contribution in [2.75, 3.05) is 11.9 Å². The van der Waals surface area contributed by atoms with Crippen LogP contribution in [-0.2, 0) is 25.6 Å². The summed E-state index contributed by atoms with van der Waals surface area (Å²) in [5.41, 5.74) is 0.351. The Labute approximate surface area is 236 Å². The third-order valence-electron chi connectivity index (χ3n) is 5.20. The number of carbonyl (C=O) groups is 4. The standard InChI is InChI=1S/C30H41N3O7/c1-29(2,3)39-27(36)31-19-11-10-14-24(33-28(37)40-30(4,5)6)25(34)32-23-17-15-22(16-18-23)26(35)38-20-21-12-8-7-9-13-21/h7-9,12-13,15-18,24H,10-11,14,19-20H2,1-6H3,(H,31,36)(H,32,34)(H,33,37)/t24-/m0/s1. The first-order chi connectivity index (χ1) is 18.7. The zero-order chi connectivity index (χ0) is 29.8. The summed E-state index contributed by atoms with van der Waals surface area (Å²) in [6.07, 6.45) is 0.191. The van der Waals surface area contributed by atoms with Gasteiger partial charge in [-0.05, 0) is 90.6 Å². The minimum Gasteiger partial charge on any atom is -0.457 e. The van der Waals surface area contributed by atoms with Gasteiger partial charge < -0.3 is 30.2 Å². The van der Waals surface area contributed by atoms with Crippen molar-refractivity contribution in [1.82, 2.24) is 10.6 Å². The van der Waals surface area contributed by atoms with E-state index < -0.39 is 41.3 Å². The summed E-state index contributed by atoms with van der Waals surface area (Å²) >= 11 is 0. The van der Waals surface area contributed by atoms with Gasteiger partial charge in [-0.15, -0.1) is 0 Å². The molecule has 0 aliphatic rings. The van der Waals surface area contributed by atoms with Gasteiger partial charge in [0.15, 0.2) is 0 Å². The highest BCUT2D eigenvalue weighted by molar-refractivity contribution is 5.97. The van der Waals surface area contributed by atoms with Crippen molar-refractivity contribution in [2.45, 2.75) is 84.7 Å². The molecule has 2 rings (SSSR count). The van der Waals surface area contributed by atoms with Crippen molar-refractivity contribution >= 4 is 29.8 Å². The molecule has 0 spiro atoms. The average molecular weight is 556 g/mol. The van der Waals surface area contributed by atoms with E-state index in [4.69, 9.17) is 14.2 Å². The summed E-state index contributed by atoms with van der Waals surface area (Å²) in [6.45, 7) is 11.1. The lowest BCUT2D eigenvalue weighted by molar-refractivity contribution is -0.118. The van der Waals surface area contributed by atoms with Gasteiger partial charge in [-0.2, -0.15) is 0 Å². The molecule has 1 atom stereocenters. The number of benzene rings is 2. The summed E-state index contributed by atoms with van der Waals surface area (Å²) in [7, 11) is 0. The monoisotopic (exact) mass is 555 g/mol. The van der Waals surface area contributed by atoms with E-state index in [-0.39, 0.29) is 6.61 Å². The zero-order valence-electron chi connectivity index (χ0n) is 24.2. The van der Waals surface area contributed by atoms with Crippen LogP contribution in [0.5, 0.6) is 0 Å². The second kappa shape index (κ2) is 14.9. The van der Waals surface area contributed by atoms with E-state index in [2.05, 4.69) is 16.0 Å². The topological polar surface area (TPSA) is 132 Å². The van der Waals surface area contributed by atoms with Crippen LogP contribution in [-0.4, -0.2) is 47.9 Å². The third-order valence-corrected chi connectivity index (χ3v) is 5.20. The zero-order valence-corrected chi connectivity index (χ0v) is 24.2. The van der Waals surface area contributed by atoms with Gasteiger partial charge in [0.25, 0.3) is 0 Å². The van der Waals surface area contributed by atoms with E-state index in [9.17, 15) is 19.2 Å². The third kappa shape index (κ3) is 13.1. The Bertz CT molecular complexity index is 1120. The highest BCUT2D eigenvalue weighted by Crippen LogP contribution is 2.14. The summed E-state index contributed by atoms with van der Waals surface area (Å²) < 4.78 is 15.9. The normalized spacial score (nSPS) is 12.1. The minimum absolute atomic E-state index is 0.156. The second-order valence-electron chi connectivity index (χ2n) is 11.3. The molecule has 0 bridgehead atoms. The number of unbranched alkanes of at least 4 members (excludes halogenated alkanes) is 1. The molecule has 0 radical (unpaired) electrons. The molecule has 0 aromatic heterocycles. The van der Waals surface area contributed by atoms with E-state index in [0.717, 1.165) is 5.56 Å². The molecule has 3 amide bonds. The van der Waals surface area contributed by atoms with Crippen molar-refractivity contribution in [1.29, 1.82) is 0 Å². The predicted octanol–water partition coefficient (Wildman–Crippen LogP) is 5.57. The Morgan fingerprint density at radius 3 is 1.98 bits per heavy atom. The largest absolute Gasteiger partial charge is 0.457 e. The van der Waals surface area contributed by atoms with Gasteiger partial charge in [-0.1, -0.05) is 30.3 Å². The molecule has 3 N–H and O–H groups in total. The van der Waals surface area contributed by atoms with Crippen molar-refractivity contribution in [3.63, 3.8) is 0 Å². The Balaban J connectivity index is 1.93. The van der Waals surface area contributed by atoms with Gasteiger partial charge in [0.1, 0.15) is 23.9 Å². The number of amides is 3. The Kier molecular flexibility index (Phi) is 12.0. The molecular formula is C30H41N3O7. The molecule has 0 saturated heterocycles. The highest BCUT2D eigenvalue weighted by Gasteiger charge is 2.24. The van der Waals surface area contributed by atoms with Gasteiger partial charge in [-0.3, -0.25) is 4.79 Å². The highest BCUT2D eigenvalue weighted by atomic mass is 16.6. The summed E-state index contributed by atoms with van der Waals surface area (Å²) in [5, 5.41) is 8.07. The van der Waals surface area contributed by atoms with Crippen LogP contribution >= 0.6 is 0 Å². The number of esters is 1. The van der Waals surface area contributed by atoms with Crippen LogP contribution in [0.25, 0.3) is 0 Å². The number of alkyl carbamates (subject to hydrolysis) is 2. The lowest BCUT2D eigenvalue weighted by atomic mass is 10.1. The fourth-order valence-corrected chi connectivity index (χ4v) is 3.42. The number of carbonyl (C=O) groups excluding carboxylic acids is 4. The molecule has 0 heterocycles. The van der Waals surface area contributed by atoms with Crippen molar-refractivity contribution < 1.29 is 33.4 Å². The SMILES string of the molecule is CC(C)(C)OC(=O)NCCCC[C@H](NC(=O)OC(C)(C)C)C(=O)Nc1ccc(C(=O)OCc2ccccc2)cc1. The summed E-state index contributed by atoms with van der Waals surface area (Å²) in [6, 6.07) is 14.8. The first-order valence-electron chi connectivity index (χ1n) is 13.3. The Hall–Kier alpha value is -4.08. The molecule has 2 aromatic carbocycles. The first-order valence-corrected chi connectivity index (χ1v) is 13.3. The second-order valence-corrected chi connectivity index (χ2v) is 11.3. The maximum Gasteiger partial charge on any atom is 0.408 e. The summed E-state index contributed by atoms with van der Waals surface area (Å²) in [4.78, 5) is 49.6. The van der Waals surface area contributed by atoms with E-state index in [1.165, 1.54) is 0 Å². The van der Waals surface area contributed by atoms with Crippen LogP contribution in [0.3, 0.4) is 0 Å². The maximum atomic E-state index is 13.1. The predicted molar refractivity (Wildman–Crippen MR) is 152 cm³/mol. The van der Waals surface area contributed by atoms with Crippen LogP contribution < -0.4 is 16.0 Å². The first kappa shape index (κ1) is 32.1. The van der Waals surface area contributed by atoms with Gasteiger partial charge >= 0.3 is 18.2 Å². The molecular weight excluding hydrogens is 514 g/mol. The molecule has 0 unspecified atom stereocenters. The van der Waals surface area contributed by atoms with E-state index in [0.29, 0.717) is 37.1 Å². The van der Waals surface area contributed by atoms with Crippen LogP contribution in [0.2, 0.25) is 0 Å². The fourth-order valence-electron chi connectivity index (χ4n) is 3.42. The van der Waals surface area contributed by atoms with Crippen LogP contribution in [0.4, 0.5) is 15.3 Å². The lowest BCUT2D eigenvalue weighted by Gasteiger charge is -2.23. The Morgan fingerprint density at radius 1 is 0.775 bits per heavy atom. The van der Waals surface area contributed by atoms with Gasteiger partial charge in [0.2, 0.25) is 5.91 Å². The molecule has 0 aliphatic heterocycles. The molecule has 10 heteroatoms. The minimum atomic E-state index is -0.883. The Morgan fingerprint density at radius 2 is 1.38 bits per heavy atom. The van der Waals surface area contributed by atoms with Crippen LogP contribution in [0.15, 0.2) is 54.6 Å². The van der Waals surface area contributed by atoms with Gasteiger partial charge in [0, 0.05) is 12.2 Å². The molecule has 218 valence electrons. The molecule has 0 fully saturated rings. The van der Waals surface area contributed by atoms with E-state index in [1.807, 2.05) is 30.3 Å². The number of rotatable bonds is 11. The molecule has 40 heavy (non-hydrogen) atoms. The van der Waals surface area contributed by atoms with Crippen molar-refractivity contribution in [3.05, 3.63) is 65.7 Å². The van der Waals surface area contributed by atoms with Crippen molar-refractivity contribution in [2.24, 2.45) is 0 Å². The molecule has 10 nitrogen and oxygen atoms in total. The van der Waals surface area contributed by atoms with Crippen molar-refractivity contribution in [3.8, 4) is 0 Å². The fraction of sp³-hybridized carbons (Fsp3) is 0.467. The number of hydrogen-bond acceptors (Lipinski definition) is 7. The number of ether oxygens (including phenoxy) is 3. The number of hydrogen-bond donors (Lipinski definition) is 3. The van der Waals surface area contributed by atoms with E-state index in [1.54, 1.807) is 65.8 Å².